The number of carbonyl (C=O) groups is 2. The first kappa shape index (κ1) is 30.5. The minimum Gasteiger partial charge on any atom is -0.352 e. The van der Waals surface area contributed by atoms with E-state index in [-0.39, 0.29) is 34.1 Å². The Morgan fingerprint density at radius 2 is 1.63 bits per heavy atom. The van der Waals surface area contributed by atoms with Crippen molar-refractivity contribution in [1.82, 2.24) is 10.2 Å². The Hall–Kier alpha value is -3.50. The predicted molar refractivity (Wildman–Crippen MR) is 154 cm³/mol. The van der Waals surface area contributed by atoms with E-state index in [1.807, 2.05) is 0 Å². The van der Waals surface area contributed by atoms with E-state index >= 15 is 0 Å². The van der Waals surface area contributed by atoms with Crippen molar-refractivity contribution in [2.45, 2.75) is 62.6 Å². The van der Waals surface area contributed by atoms with Crippen LogP contribution in [0.4, 0.5) is 14.5 Å². The molecule has 0 bridgehead atoms. The first-order valence-corrected chi connectivity index (χ1v) is 15.2. The number of benzene rings is 3. The molecular weight excluding hydrogens is 572 g/mol. The maximum absolute atomic E-state index is 14.0. The summed E-state index contributed by atoms with van der Waals surface area (Å²) < 4.78 is 55.9. The van der Waals surface area contributed by atoms with Gasteiger partial charge in [0.05, 0.1) is 15.6 Å². The standard InChI is InChI=1S/C30H32ClF2N3O4S/c1-21(30(38)34-24-8-4-2-5-9-24)35(19-22-12-14-23(32)15-13-22)29(37)20-36(25-16-17-28(33)27(31)18-25)41(39,40)26-10-6-3-7-11-26/h3,6-7,10-18,21,24H,2,4-5,8-9,19-20H2,1H3,(H,34,38)/t21-/m0/s1. The van der Waals surface area contributed by atoms with Gasteiger partial charge in [0.15, 0.2) is 0 Å². The highest BCUT2D eigenvalue weighted by Gasteiger charge is 2.33. The van der Waals surface area contributed by atoms with Crippen LogP contribution in [0.3, 0.4) is 0 Å². The molecule has 0 radical (unpaired) electrons. The summed E-state index contributed by atoms with van der Waals surface area (Å²) in [5.41, 5.74) is 0.536. The predicted octanol–water partition coefficient (Wildman–Crippen LogP) is 5.68. The van der Waals surface area contributed by atoms with Gasteiger partial charge in [0.2, 0.25) is 11.8 Å². The second kappa shape index (κ2) is 13.4. The Morgan fingerprint density at radius 3 is 2.27 bits per heavy atom. The average Bonchev–Trinajstić information content (AvgIpc) is 2.97. The van der Waals surface area contributed by atoms with Gasteiger partial charge >= 0.3 is 0 Å². The van der Waals surface area contributed by atoms with Crippen molar-refractivity contribution in [3.8, 4) is 0 Å². The lowest BCUT2D eigenvalue weighted by Gasteiger charge is -2.33. The molecule has 0 aromatic heterocycles. The molecule has 3 aromatic rings. The molecule has 1 aliphatic rings. The van der Waals surface area contributed by atoms with Crippen LogP contribution in [0.1, 0.15) is 44.6 Å². The van der Waals surface area contributed by atoms with Gasteiger partial charge < -0.3 is 10.2 Å². The molecular formula is C30H32ClF2N3O4S. The molecule has 4 rings (SSSR count). The Morgan fingerprint density at radius 1 is 0.976 bits per heavy atom. The largest absolute Gasteiger partial charge is 0.352 e. The zero-order chi connectivity index (χ0) is 29.6. The lowest BCUT2D eigenvalue weighted by Crippen LogP contribution is -2.53. The normalized spacial score (nSPS) is 14.7. The third kappa shape index (κ3) is 7.62. The van der Waals surface area contributed by atoms with Crippen LogP contribution in [0.2, 0.25) is 5.02 Å². The minimum absolute atomic E-state index is 0.00205. The monoisotopic (exact) mass is 603 g/mol. The van der Waals surface area contributed by atoms with E-state index < -0.39 is 40.2 Å². The van der Waals surface area contributed by atoms with Gasteiger partial charge in [-0.3, -0.25) is 13.9 Å². The zero-order valence-electron chi connectivity index (χ0n) is 22.6. The van der Waals surface area contributed by atoms with E-state index in [0.717, 1.165) is 48.5 Å². The van der Waals surface area contributed by atoms with Crippen LogP contribution in [-0.2, 0) is 26.2 Å². The Labute approximate surface area is 244 Å². The third-order valence-electron chi connectivity index (χ3n) is 7.19. The number of carbonyl (C=O) groups excluding carboxylic acids is 2. The summed E-state index contributed by atoms with van der Waals surface area (Å²) in [4.78, 5) is 28.4. The summed E-state index contributed by atoms with van der Waals surface area (Å²) in [7, 11) is -4.30. The van der Waals surface area contributed by atoms with Gasteiger partial charge in [-0.2, -0.15) is 0 Å². The second-order valence-corrected chi connectivity index (χ2v) is 12.4. The third-order valence-corrected chi connectivity index (χ3v) is 9.26. The summed E-state index contributed by atoms with van der Waals surface area (Å²) >= 11 is 5.98. The summed E-state index contributed by atoms with van der Waals surface area (Å²) in [6.07, 6.45) is 4.81. The minimum atomic E-state index is -4.30. The molecule has 1 N–H and O–H groups in total. The van der Waals surface area contributed by atoms with Gasteiger partial charge in [0.1, 0.15) is 24.2 Å². The van der Waals surface area contributed by atoms with Crippen molar-refractivity contribution in [2.75, 3.05) is 10.8 Å². The fourth-order valence-corrected chi connectivity index (χ4v) is 6.43. The summed E-state index contributed by atoms with van der Waals surface area (Å²) in [5.74, 6) is -2.25. The molecule has 1 atom stereocenters. The van der Waals surface area contributed by atoms with Crippen LogP contribution < -0.4 is 9.62 Å². The summed E-state index contributed by atoms with van der Waals surface area (Å²) in [5, 5.41) is 2.71. The molecule has 0 spiro atoms. The molecule has 218 valence electrons. The van der Waals surface area contributed by atoms with Crippen molar-refractivity contribution in [2.24, 2.45) is 0 Å². The fourth-order valence-electron chi connectivity index (χ4n) is 4.83. The Kier molecular flexibility index (Phi) is 9.99. The van der Waals surface area contributed by atoms with Gasteiger partial charge in [-0.1, -0.05) is 61.2 Å². The molecule has 0 heterocycles. The molecule has 11 heteroatoms. The maximum atomic E-state index is 14.0. The molecule has 7 nitrogen and oxygen atoms in total. The number of nitrogens with one attached hydrogen (secondary N) is 1. The lowest BCUT2D eigenvalue weighted by molar-refractivity contribution is -0.139. The Bertz CT molecular complexity index is 1470. The van der Waals surface area contributed by atoms with E-state index in [9.17, 15) is 26.8 Å². The number of halogens is 3. The van der Waals surface area contributed by atoms with E-state index in [4.69, 9.17) is 11.6 Å². The second-order valence-electron chi connectivity index (χ2n) is 10.1. The molecule has 1 saturated carbocycles. The van der Waals surface area contributed by atoms with Crippen LogP contribution in [-0.4, -0.2) is 43.8 Å². The van der Waals surface area contributed by atoms with Crippen LogP contribution in [0.5, 0.6) is 0 Å². The fraction of sp³-hybridized carbons (Fsp3) is 0.333. The summed E-state index contributed by atoms with van der Waals surface area (Å²) in [6, 6.07) is 15.4. The van der Waals surface area contributed by atoms with Gasteiger partial charge in [-0.15, -0.1) is 0 Å². The highest BCUT2D eigenvalue weighted by molar-refractivity contribution is 7.92. The van der Waals surface area contributed by atoms with Crippen LogP contribution in [0, 0.1) is 11.6 Å². The molecule has 3 aromatic carbocycles. The van der Waals surface area contributed by atoms with Gasteiger partial charge in [-0.05, 0) is 67.8 Å². The number of hydrogen-bond donors (Lipinski definition) is 1. The molecule has 41 heavy (non-hydrogen) atoms. The van der Waals surface area contributed by atoms with E-state index in [1.165, 1.54) is 47.4 Å². The highest BCUT2D eigenvalue weighted by atomic mass is 35.5. The van der Waals surface area contributed by atoms with Gasteiger partial charge in [-0.25, -0.2) is 17.2 Å². The number of rotatable bonds is 10. The quantitative estimate of drug-likeness (QED) is 0.323. The van der Waals surface area contributed by atoms with Crippen molar-refractivity contribution < 1.29 is 26.8 Å². The Balaban J connectivity index is 1.68. The van der Waals surface area contributed by atoms with Crippen molar-refractivity contribution in [3.05, 3.63) is 95.0 Å². The topological polar surface area (TPSA) is 86.8 Å². The molecule has 1 fully saturated rings. The van der Waals surface area contributed by atoms with Gasteiger partial charge in [0.25, 0.3) is 10.0 Å². The number of anilines is 1. The van der Waals surface area contributed by atoms with Crippen molar-refractivity contribution in [1.29, 1.82) is 0 Å². The van der Waals surface area contributed by atoms with Crippen LogP contribution >= 0.6 is 11.6 Å². The first-order chi connectivity index (χ1) is 19.6. The SMILES string of the molecule is C[C@@H](C(=O)NC1CCCCC1)N(Cc1ccc(F)cc1)C(=O)CN(c1ccc(F)c(Cl)c1)S(=O)(=O)c1ccccc1. The average molecular weight is 604 g/mol. The number of hydrogen-bond acceptors (Lipinski definition) is 4. The van der Waals surface area contributed by atoms with Crippen LogP contribution in [0.25, 0.3) is 0 Å². The van der Waals surface area contributed by atoms with Crippen molar-refractivity contribution >= 4 is 39.1 Å². The molecule has 0 aliphatic heterocycles. The van der Waals surface area contributed by atoms with Crippen LogP contribution in [0.15, 0.2) is 77.7 Å². The molecule has 0 saturated heterocycles. The number of amides is 2. The molecule has 2 amide bonds. The maximum Gasteiger partial charge on any atom is 0.264 e. The van der Waals surface area contributed by atoms with E-state index in [0.29, 0.717) is 5.56 Å². The summed E-state index contributed by atoms with van der Waals surface area (Å²) in [6.45, 7) is 0.813. The van der Waals surface area contributed by atoms with Crippen molar-refractivity contribution in [3.63, 3.8) is 0 Å². The van der Waals surface area contributed by atoms with E-state index in [2.05, 4.69) is 5.32 Å². The number of sulfonamides is 1. The zero-order valence-corrected chi connectivity index (χ0v) is 24.2. The smallest absolute Gasteiger partial charge is 0.264 e. The molecule has 1 aliphatic carbocycles. The molecule has 0 unspecified atom stereocenters. The number of nitrogens with zero attached hydrogens (tertiary/aromatic N) is 2. The first-order valence-electron chi connectivity index (χ1n) is 13.4. The van der Waals surface area contributed by atoms with E-state index in [1.54, 1.807) is 25.1 Å². The lowest BCUT2D eigenvalue weighted by atomic mass is 9.95. The van der Waals surface area contributed by atoms with Gasteiger partial charge in [0, 0.05) is 12.6 Å². The highest BCUT2D eigenvalue weighted by Crippen LogP contribution is 2.28.